The number of ether oxygens (including phenoxy) is 2. The average Bonchev–Trinajstić information content (AvgIpc) is 2.77. The molecule has 1 fully saturated rings. The number of benzene rings is 1. The standard InChI is InChI=1S/C21H27N3O5S/c1-17-6-7-19(30(26,27)24-10-13-29-14-11-24)15-20(17)21(25)23(9-12-28-2)16-18-5-3-4-8-22-18/h3-8,15H,9-14,16H2,1-2H3. The predicted molar refractivity (Wildman–Crippen MR) is 112 cm³/mol. The molecule has 1 aliphatic heterocycles. The van der Waals surface area contributed by atoms with E-state index in [4.69, 9.17) is 9.47 Å². The van der Waals surface area contributed by atoms with E-state index in [-0.39, 0.29) is 10.8 Å². The van der Waals surface area contributed by atoms with Crippen molar-refractivity contribution >= 4 is 15.9 Å². The second-order valence-corrected chi connectivity index (χ2v) is 8.97. The Balaban J connectivity index is 1.90. The van der Waals surface area contributed by atoms with Crippen LogP contribution in [0, 0.1) is 6.92 Å². The Hall–Kier alpha value is -2.33. The number of sulfonamides is 1. The van der Waals surface area contributed by atoms with Gasteiger partial charge in [-0.25, -0.2) is 8.42 Å². The van der Waals surface area contributed by atoms with Gasteiger partial charge in [-0.15, -0.1) is 0 Å². The number of pyridine rings is 1. The molecule has 1 aromatic heterocycles. The molecular formula is C21H27N3O5S. The summed E-state index contributed by atoms with van der Waals surface area (Å²) in [5.74, 6) is -0.255. The van der Waals surface area contributed by atoms with Crippen molar-refractivity contribution in [2.45, 2.75) is 18.4 Å². The van der Waals surface area contributed by atoms with E-state index in [1.165, 1.54) is 10.4 Å². The molecule has 1 amide bonds. The first-order chi connectivity index (χ1) is 14.4. The minimum Gasteiger partial charge on any atom is -0.383 e. The van der Waals surface area contributed by atoms with Crippen LogP contribution in [0.25, 0.3) is 0 Å². The Kier molecular flexibility index (Phi) is 7.54. The molecule has 9 heteroatoms. The van der Waals surface area contributed by atoms with Gasteiger partial charge in [0.25, 0.3) is 5.91 Å². The summed E-state index contributed by atoms with van der Waals surface area (Å²) in [6.07, 6.45) is 1.68. The third-order valence-corrected chi connectivity index (χ3v) is 6.87. The van der Waals surface area contributed by atoms with Crippen molar-refractivity contribution in [1.82, 2.24) is 14.2 Å². The summed E-state index contributed by atoms with van der Waals surface area (Å²) in [5, 5.41) is 0. The summed E-state index contributed by atoms with van der Waals surface area (Å²) in [6, 6.07) is 10.2. The first kappa shape index (κ1) is 22.4. The van der Waals surface area contributed by atoms with E-state index in [2.05, 4.69) is 4.98 Å². The van der Waals surface area contributed by atoms with Crippen LogP contribution >= 0.6 is 0 Å². The minimum atomic E-state index is -3.69. The van der Waals surface area contributed by atoms with Gasteiger partial charge in [0, 0.05) is 38.5 Å². The third-order valence-electron chi connectivity index (χ3n) is 4.98. The number of nitrogens with zero attached hydrogens (tertiary/aromatic N) is 3. The van der Waals surface area contributed by atoms with Crippen LogP contribution in [0.15, 0.2) is 47.5 Å². The summed E-state index contributed by atoms with van der Waals surface area (Å²) in [5.41, 5.74) is 1.82. The summed E-state index contributed by atoms with van der Waals surface area (Å²) in [4.78, 5) is 19.4. The van der Waals surface area contributed by atoms with E-state index < -0.39 is 10.0 Å². The molecule has 162 valence electrons. The third kappa shape index (κ3) is 5.23. The molecule has 0 radical (unpaired) electrons. The number of carbonyl (C=O) groups is 1. The van der Waals surface area contributed by atoms with E-state index in [9.17, 15) is 13.2 Å². The lowest BCUT2D eigenvalue weighted by molar-refractivity contribution is 0.0676. The highest BCUT2D eigenvalue weighted by Crippen LogP contribution is 2.22. The maximum atomic E-state index is 13.3. The number of hydrogen-bond acceptors (Lipinski definition) is 6. The van der Waals surface area contributed by atoms with Crippen molar-refractivity contribution < 1.29 is 22.7 Å². The lowest BCUT2D eigenvalue weighted by Gasteiger charge is -2.27. The zero-order valence-corrected chi connectivity index (χ0v) is 18.1. The fraction of sp³-hybridized carbons (Fsp3) is 0.429. The Morgan fingerprint density at radius 3 is 2.67 bits per heavy atom. The fourth-order valence-electron chi connectivity index (χ4n) is 3.24. The average molecular weight is 434 g/mol. The topological polar surface area (TPSA) is 89.0 Å². The highest BCUT2D eigenvalue weighted by molar-refractivity contribution is 7.89. The molecule has 0 bridgehead atoms. The van der Waals surface area contributed by atoms with E-state index >= 15 is 0 Å². The van der Waals surface area contributed by atoms with E-state index in [0.717, 1.165) is 5.69 Å². The van der Waals surface area contributed by atoms with Crippen molar-refractivity contribution in [3.8, 4) is 0 Å². The summed E-state index contributed by atoms with van der Waals surface area (Å²) >= 11 is 0. The highest BCUT2D eigenvalue weighted by atomic mass is 32.2. The van der Waals surface area contributed by atoms with Crippen LogP contribution in [0.1, 0.15) is 21.6 Å². The van der Waals surface area contributed by atoms with Gasteiger partial charge in [0.05, 0.1) is 37.0 Å². The van der Waals surface area contributed by atoms with Gasteiger partial charge >= 0.3 is 0 Å². The molecule has 1 aliphatic rings. The number of aryl methyl sites for hydroxylation is 1. The van der Waals surface area contributed by atoms with E-state index in [0.29, 0.717) is 57.1 Å². The van der Waals surface area contributed by atoms with Crippen LogP contribution < -0.4 is 0 Å². The van der Waals surface area contributed by atoms with Gasteiger partial charge in [0.15, 0.2) is 0 Å². The van der Waals surface area contributed by atoms with Gasteiger partial charge in [-0.3, -0.25) is 9.78 Å². The molecule has 1 aromatic carbocycles. The lowest BCUT2D eigenvalue weighted by atomic mass is 10.1. The molecule has 3 rings (SSSR count). The summed E-state index contributed by atoms with van der Waals surface area (Å²) in [6.45, 7) is 4.18. The summed E-state index contributed by atoms with van der Waals surface area (Å²) in [7, 11) is -2.12. The number of rotatable bonds is 8. The quantitative estimate of drug-likeness (QED) is 0.630. The Labute approximate surface area is 177 Å². The molecule has 0 N–H and O–H groups in total. The normalized spacial score (nSPS) is 15.1. The lowest BCUT2D eigenvalue weighted by Crippen LogP contribution is -2.40. The zero-order valence-electron chi connectivity index (χ0n) is 17.3. The largest absolute Gasteiger partial charge is 0.383 e. The van der Waals surface area contributed by atoms with Crippen LogP contribution in [-0.4, -0.2) is 75.1 Å². The van der Waals surface area contributed by atoms with Crippen molar-refractivity contribution in [2.75, 3.05) is 46.6 Å². The minimum absolute atomic E-state index is 0.114. The van der Waals surface area contributed by atoms with Crippen LogP contribution in [0.5, 0.6) is 0 Å². The van der Waals surface area contributed by atoms with Crippen molar-refractivity contribution in [3.05, 3.63) is 59.4 Å². The van der Waals surface area contributed by atoms with E-state index in [1.54, 1.807) is 37.3 Å². The molecule has 2 aromatic rings. The fourth-order valence-corrected chi connectivity index (χ4v) is 4.67. The molecule has 0 spiro atoms. The highest BCUT2D eigenvalue weighted by Gasteiger charge is 2.28. The number of aromatic nitrogens is 1. The van der Waals surface area contributed by atoms with Gasteiger partial charge in [0.2, 0.25) is 10.0 Å². The van der Waals surface area contributed by atoms with Crippen LogP contribution in [0.4, 0.5) is 0 Å². The molecule has 8 nitrogen and oxygen atoms in total. The first-order valence-electron chi connectivity index (χ1n) is 9.80. The van der Waals surface area contributed by atoms with Gasteiger partial charge in [0.1, 0.15) is 0 Å². The summed E-state index contributed by atoms with van der Waals surface area (Å²) < 4.78 is 37.8. The zero-order chi connectivity index (χ0) is 21.6. The Morgan fingerprint density at radius 1 is 1.23 bits per heavy atom. The smallest absolute Gasteiger partial charge is 0.254 e. The Bertz CT molecular complexity index is 960. The van der Waals surface area contributed by atoms with Crippen LogP contribution in [0.3, 0.4) is 0 Å². The molecule has 1 saturated heterocycles. The predicted octanol–water partition coefficient (Wildman–Crippen LogP) is 1.70. The maximum absolute atomic E-state index is 13.3. The second-order valence-electron chi connectivity index (χ2n) is 7.03. The number of methoxy groups -OCH3 is 1. The Morgan fingerprint density at radius 2 is 2.00 bits per heavy atom. The monoisotopic (exact) mass is 433 g/mol. The number of morpholine rings is 1. The van der Waals surface area contributed by atoms with Crippen molar-refractivity contribution in [3.63, 3.8) is 0 Å². The SMILES string of the molecule is COCCN(Cc1ccccn1)C(=O)c1cc(S(=O)(=O)N2CCOCC2)ccc1C. The number of carbonyl (C=O) groups excluding carboxylic acids is 1. The van der Waals surface area contributed by atoms with Gasteiger partial charge in [-0.05, 0) is 36.8 Å². The number of hydrogen-bond donors (Lipinski definition) is 0. The molecule has 0 aliphatic carbocycles. The van der Waals surface area contributed by atoms with Gasteiger partial charge in [-0.1, -0.05) is 12.1 Å². The van der Waals surface area contributed by atoms with Crippen LogP contribution in [0.2, 0.25) is 0 Å². The molecule has 30 heavy (non-hydrogen) atoms. The van der Waals surface area contributed by atoms with Gasteiger partial charge in [-0.2, -0.15) is 4.31 Å². The van der Waals surface area contributed by atoms with Crippen molar-refractivity contribution in [2.24, 2.45) is 0 Å². The van der Waals surface area contributed by atoms with Gasteiger partial charge < -0.3 is 14.4 Å². The maximum Gasteiger partial charge on any atom is 0.254 e. The van der Waals surface area contributed by atoms with Crippen molar-refractivity contribution in [1.29, 1.82) is 0 Å². The number of amides is 1. The first-order valence-corrected chi connectivity index (χ1v) is 11.2. The molecule has 0 unspecified atom stereocenters. The van der Waals surface area contributed by atoms with E-state index in [1.807, 2.05) is 18.2 Å². The molecule has 2 heterocycles. The van der Waals surface area contributed by atoms with Crippen LogP contribution in [-0.2, 0) is 26.0 Å². The molecular weight excluding hydrogens is 406 g/mol. The molecule has 0 saturated carbocycles. The molecule has 0 atom stereocenters. The second kappa shape index (κ2) is 10.1.